The molecule has 1 heterocycles. The van der Waals surface area contributed by atoms with E-state index in [1.54, 1.807) is 12.1 Å². The van der Waals surface area contributed by atoms with E-state index in [0.29, 0.717) is 20.9 Å². The third-order valence-corrected chi connectivity index (χ3v) is 3.24. The summed E-state index contributed by atoms with van der Waals surface area (Å²) in [6.07, 6.45) is 3.18. The van der Waals surface area contributed by atoms with Gasteiger partial charge in [-0.25, -0.2) is 9.37 Å². The van der Waals surface area contributed by atoms with E-state index in [9.17, 15) is 4.39 Å². The Morgan fingerprint density at radius 3 is 2.89 bits per heavy atom. The Balaban J connectivity index is 2.63. The molecule has 5 heteroatoms. The molecule has 2 rings (SSSR count). The number of aromatic nitrogens is 2. The van der Waals surface area contributed by atoms with Gasteiger partial charge >= 0.3 is 0 Å². The average Bonchev–Trinajstić information content (AvgIpc) is 2.32. The maximum atomic E-state index is 13.9. The fraction of sp³-hybridized carbons (Fsp3) is 0.231. The number of benzene rings is 1. The Kier molecular flexibility index (Phi) is 4.09. The Bertz CT molecular complexity index is 625. The Morgan fingerprint density at radius 2 is 2.22 bits per heavy atom. The molecule has 1 aromatic heterocycles. The smallest absolute Gasteiger partial charge is 0.134 e. The molecule has 0 aliphatic carbocycles. The molecule has 1 aromatic carbocycles. The van der Waals surface area contributed by atoms with Crippen LogP contribution in [0.1, 0.15) is 18.9 Å². The fourth-order valence-corrected chi connectivity index (χ4v) is 2.26. The highest BCUT2D eigenvalue weighted by Gasteiger charge is 2.12. The molecule has 0 saturated heterocycles. The summed E-state index contributed by atoms with van der Waals surface area (Å²) in [5.41, 5.74) is 2.03. The van der Waals surface area contributed by atoms with Gasteiger partial charge in [-0.05, 0) is 24.6 Å². The Hall–Kier alpha value is -1.26. The number of aromatic amines is 1. The lowest BCUT2D eigenvalue weighted by atomic mass is 10.0. The summed E-state index contributed by atoms with van der Waals surface area (Å²) in [6, 6.07) is 4.61. The maximum absolute atomic E-state index is 13.9. The predicted molar refractivity (Wildman–Crippen MR) is 73.8 cm³/mol. The van der Waals surface area contributed by atoms with Gasteiger partial charge in [0.1, 0.15) is 10.5 Å². The second-order valence-corrected chi connectivity index (χ2v) is 4.76. The molecule has 0 fully saturated rings. The summed E-state index contributed by atoms with van der Waals surface area (Å²) in [7, 11) is 0. The topological polar surface area (TPSA) is 28.7 Å². The molecule has 2 nitrogen and oxygen atoms in total. The average molecular weight is 283 g/mol. The van der Waals surface area contributed by atoms with Crippen LogP contribution < -0.4 is 0 Å². The first kappa shape index (κ1) is 13.2. The van der Waals surface area contributed by atoms with Crippen molar-refractivity contribution in [3.05, 3.63) is 45.6 Å². The van der Waals surface area contributed by atoms with E-state index < -0.39 is 0 Å². The summed E-state index contributed by atoms with van der Waals surface area (Å²) in [5.74, 6) is -0.364. The molecule has 94 valence electrons. The van der Waals surface area contributed by atoms with E-state index in [-0.39, 0.29) is 5.82 Å². The molecule has 0 aliphatic heterocycles. The molecule has 0 radical (unpaired) electrons. The molecular weight excluding hydrogens is 271 g/mol. The minimum atomic E-state index is -0.364. The summed E-state index contributed by atoms with van der Waals surface area (Å²) >= 11 is 10.9. The highest BCUT2D eigenvalue weighted by atomic mass is 35.5. The van der Waals surface area contributed by atoms with Crippen molar-refractivity contribution in [1.82, 2.24) is 9.97 Å². The largest absolute Gasteiger partial charge is 0.345 e. The van der Waals surface area contributed by atoms with Crippen molar-refractivity contribution in [2.75, 3.05) is 0 Å². The molecule has 0 spiro atoms. The van der Waals surface area contributed by atoms with E-state index in [1.165, 1.54) is 12.4 Å². The lowest BCUT2D eigenvalue weighted by Gasteiger charge is -2.09. The Labute approximate surface area is 115 Å². The van der Waals surface area contributed by atoms with Crippen LogP contribution in [0.3, 0.4) is 0 Å². The number of nitrogens with zero attached hydrogens (tertiary/aromatic N) is 1. The van der Waals surface area contributed by atoms with Gasteiger partial charge in [0.15, 0.2) is 0 Å². The third-order valence-electron chi connectivity index (χ3n) is 2.65. The molecular formula is C13H12ClFN2S. The van der Waals surface area contributed by atoms with E-state index in [1.807, 2.05) is 6.92 Å². The molecule has 18 heavy (non-hydrogen) atoms. The minimum Gasteiger partial charge on any atom is -0.345 e. The number of hydrogen-bond acceptors (Lipinski definition) is 2. The lowest BCUT2D eigenvalue weighted by Crippen LogP contribution is -1.98. The normalized spacial score (nSPS) is 10.6. The van der Waals surface area contributed by atoms with Crippen LogP contribution in [-0.4, -0.2) is 9.97 Å². The number of hydrogen-bond donors (Lipinski definition) is 1. The standard InChI is InChI=1S/C13H12ClFN2S/c1-2-3-10-12(16-7-17-13(10)18)9-5-4-8(14)6-11(9)15/h4-7H,2-3H2,1H3,(H,16,17,18). The van der Waals surface area contributed by atoms with E-state index in [2.05, 4.69) is 9.97 Å². The quantitative estimate of drug-likeness (QED) is 0.837. The zero-order valence-corrected chi connectivity index (χ0v) is 11.4. The fourth-order valence-electron chi connectivity index (χ4n) is 1.84. The molecule has 0 bridgehead atoms. The van der Waals surface area contributed by atoms with Crippen LogP contribution in [0.4, 0.5) is 4.39 Å². The number of H-pyrrole nitrogens is 1. The van der Waals surface area contributed by atoms with Crippen molar-refractivity contribution < 1.29 is 4.39 Å². The summed E-state index contributed by atoms with van der Waals surface area (Å²) < 4.78 is 14.4. The summed E-state index contributed by atoms with van der Waals surface area (Å²) in [6.45, 7) is 2.05. The van der Waals surface area contributed by atoms with Crippen molar-refractivity contribution in [2.24, 2.45) is 0 Å². The van der Waals surface area contributed by atoms with Gasteiger partial charge in [-0.2, -0.15) is 0 Å². The van der Waals surface area contributed by atoms with Crippen LogP contribution in [0.2, 0.25) is 5.02 Å². The van der Waals surface area contributed by atoms with E-state index in [4.69, 9.17) is 23.8 Å². The van der Waals surface area contributed by atoms with Crippen LogP contribution >= 0.6 is 23.8 Å². The van der Waals surface area contributed by atoms with Crippen molar-refractivity contribution in [2.45, 2.75) is 19.8 Å². The molecule has 0 atom stereocenters. The zero-order valence-electron chi connectivity index (χ0n) is 9.84. The molecule has 1 N–H and O–H groups in total. The number of halogens is 2. The first-order valence-corrected chi connectivity index (χ1v) is 6.44. The van der Waals surface area contributed by atoms with E-state index in [0.717, 1.165) is 18.4 Å². The second-order valence-electron chi connectivity index (χ2n) is 3.94. The van der Waals surface area contributed by atoms with Gasteiger partial charge in [0.2, 0.25) is 0 Å². The van der Waals surface area contributed by atoms with Gasteiger partial charge in [-0.1, -0.05) is 37.2 Å². The molecule has 0 amide bonds. The first-order chi connectivity index (χ1) is 8.63. The van der Waals surface area contributed by atoms with Crippen molar-refractivity contribution in [3.63, 3.8) is 0 Å². The van der Waals surface area contributed by atoms with Gasteiger partial charge in [-0.15, -0.1) is 0 Å². The monoisotopic (exact) mass is 282 g/mol. The van der Waals surface area contributed by atoms with E-state index >= 15 is 0 Å². The number of rotatable bonds is 3. The number of nitrogens with one attached hydrogen (secondary N) is 1. The molecule has 0 unspecified atom stereocenters. The summed E-state index contributed by atoms with van der Waals surface area (Å²) in [5, 5.41) is 0.376. The Morgan fingerprint density at radius 1 is 1.44 bits per heavy atom. The zero-order chi connectivity index (χ0) is 13.1. The van der Waals surface area contributed by atoms with Gasteiger partial charge in [0.05, 0.1) is 12.0 Å². The summed E-state index contributed by atoms with van der Waals surface area (Å²) in [4.78, 5) is 7.02. The van der Waals surface area contributed by atoms with Crippen LogP contribution in [0.25, 0.3) is 11.3 Å². The van der Waals surface area contributed by atoms with Crippen molar-refractivity contribution >= 4 is 23.8 Å². The van der Waals surface area contributed by atoms with Gasteiger partial charge < -0.3 is 4.98 Å². The predicted octanol–water partition coefficient (Wildman–Crippen LogP) is 4.55. The van der Waals surface area contributed by atoms with Gasteiger partial charge in [0.25, 0.3) is 0 Å². The van der Waals surface area contributed by atoms with Crippen LogP contribution in [0.5, 0.6) is 0 Å². The van der Waals surface area contributed by atoms with Gasteiger partial charge in [0, 0.05) is 16.1 Å². The molecule has 2 aromatic rings. The van der Waals surface area contributed by atoms with Crippen molar-refractivity contribution in [3.8, 4) is 11.3 Å². The third kappa shape index (κ3) is 2.60. The van der Waals surface area contributed by atoms with Crippen LogP contribution in [0, 0.1) is 10.5 Å². The molecule has 0 aliphatic rings. The van der Waals surface area contributed by atoms with Crippen LogP contribution in [-0.2, 0) is 6.42 Å². The first-order valence-electron chi connectivity index (χ1n) is 5.65. The molecule has 0 saturated carbocycles. The highest BCUT2D eigenvalue weighted by Crippen LogP contribution is 2.27. The highest BCUT2D eigenvalue weighted by molar-refractivity contribution is 7.71. The lowest BCUT2D eigenvalue weighted by molar-refractivity contribution is 0.630. The second kappa shape index (κ2) is 5.59. The SMILES string of the molecule is CCCc1c(-c2ccc(Cl)cc2F)[nH]cnc1=S. The van der Waals surface area contributed by atoms with Gasteiger partial charge in [-0.3, -0.25) is 0 Å². The maximum Gasteiger partial charge on any atom is 0.134 e. The van der Waals surface area contributed by atoms with Crippen molar-refractivity contribution in [1.29, 1.82) is 0 Å². The van der Waals surface area contributed by atoms with Crippen LogP contribution in [0.15, 0.2) is 24.5 Å². The minimum absolute atomic E-state index is 0.364.